The van der Waals surface area contributed by atoms with Crippen LogP contribution in [0.25, 0.3) is 0 Å². The monoisotopic (exact) mass is 256 g/mol. The third-order valence-corrected chi connectivity index (χ3v) is 2.09. The highest BCUT2D eigenvalue weighted by Crippen LogP contribution is 2.10. The number of hydrogen-bond donors (Lipinski definition) is 0. The molecule has 7 nitrogen and oxygen atoms in total. The second kappa shape index (κ2) is 8.80. The Labute approximate surface area is 103 Å². The molecular weight excluding hydrogens is 244 g/mol. The molecule has 0 aliphatic carbocycles. The van der Waals surface area contributed by atoms with Crippen molar-refractivity contribution in [2.24, 2.45) is 10.8 Å². The quantitative estimate of drug-likeness (QED) is 0.393. The Morgan fingerprint density at radius 3 is 0.889 bits per heavy atom. The van der Waals surface area contributed by atoms with Gasteiger partial charge in [-0.25, -0.2) is 0 Å². The molecule has 0 saturated heterocycles. The van der Waals surface area contributed by atoms with Gasteiger partial charge in [-0.1, -0.05) is 6.92 Å². The Balaban J connectivity index is 0. The first kappa shape index (κ1) is 18.1. The molecule has 0 aliphatic rings. The lowest BCUT2D eigenvalue weighted by Crippen LogP contribution is -2.27. The Morgan fingerprint density at radius 1 is 0.611 bits per heavy atom. The number of carbonyl (C=O) groups excluding carboxylic acids is 7. The van der Waals surface area contributed by atoms with Crippen LogP contribution in [0.2, 0.25) is 0 Å². The maximum atomic E-state index is 10.1. The van der Waals surface area contributed by atoms with E-state index in [0.29, 0.717) is 18.9 Å². The summed E-state index contributed by atoms with van der Waals surface area (Å²) >= 11 is 0. The van der Waals surface area contributed by atoms with Gasteiger partial charge in [-0.2, -0.15) is 0 Å². The summed E-state index contributed by atoms with van der Waals surface area (Å²) in [4.78, 5) is 69.5. The average molecular weight is 256 g/mol. The molecule has 0 rings (SSSR count). The zero-order valence-corrected chi connectivity index (χ0v) is 9.61. The van der Waals surface area contributed by atoms with Crippen LogP contribution in [0.4, 0.5) is 0 Å². The Hall–Kier alpha value is -2.31. The number of aldehydes is 7. The van der Waals surface area contributed by atoms with Crippen LogP contribution in [0.5, 0.6) is 0 Å². The molecule has 0 aliphatic heterocycles. The van der Waals surface area contributed by atoms with Crippen molar-refractivity contribution in [3.63, 3.8) is 0 Å². The van der Waals surface area contributed by atoms with Crippen LogP contribution in [0, 0.1) is 10.8 Å². The molecule has 0 spiro atoms. The van der Waals surface area contributed by atoms with Crippen molar-refractivity contribution in [2.75, 3.05) is 0 Å². The normalized spacial score (nSPS) is 10.1. The molecule has 7 heteroatoms. The van der Waals surface area contributed by atoms with Crippen molar-refractivity contribution >= 4 is 44.0 Å². The van der Waals surface area contributed by atoms with Crippen molar-refractivity contribution in [1.29, 1.82) is 0 Å². The van der Waals surface area contributed by atoms with E-state index >= 15 is 0 Å². The summed E-state index contributed by atoms with van der Waals surface area (Å²) in [6.45, 7) is 1.61. The van der Waals surface area contributed by atoms with E-state index in [4.69, 9.17) is 0 Å². The van der Waals surface area contributed by atoms with Crippen LogP contribution in [0.15, 0.2) is 0 Å². The van der Waals surface area contributed by atoms with E-state index in [0.717, 1.165) is 0 Å². The Kier molecular flexibility index (Phi) is 8.83. The molecule has 18 heavy (non-hydrogen) atoms. The van der Waals surface area contributed by atoms with Crippen LogP contribution in [0.1, 0.15) is 13.3 Å². The molecule has 0 fully saturated rings. The van der Waals surface area contributed by atoms with Gasteiger partial charge in [-0.15, -0.1) is 0 Å². The van der Waals surface area contributed by atoms with Gasteiger partial charge in [0.25, 0.3) is 0 Å². The van der Waals surface area contributed by atoms with Crippen LogP contribution >= 0.6 is 0 Å². The molecule has 0 unspecified atom stereocenters. The second-order valence-corrected chi connectivity index (χ2v) is 3.29. The van der Waals surface area contributed by atoms with E-state index in [1.54, 1.807) is 6.92 Å². The molecule has 0 atom stereocenters. The highest BCUT2D eigenvalue weighted by molar-refractivity contribution is 6.16. The van der Waals surface area contributed by atoms with Crippen molar-refractivity contribution in [1.82, 2.24) is 0 Å². The molecule has 0 aromatic heterocycles. The summed E-state index contributed by atoms with van der Waals surface area (Å²) in [5.74, 6) is 0. The average Bonchev–Trinajstić information content (AvgIpc) is 2.46. The van der Waals surface area contributed by atoms with Gasteiger partial charge in [0.2, 0.25) is 0 Å². The van der Waals surface area contributed by atoms with Gasteiger partial charge in [-0.05, 0) is 6.42 Å². The van der Waals surface area contributed by atoms with Crippen molar-refractivity contribution < 1.29 is 33.6 Å². The van der Waals surface area contributed by atoms with Gasteiger partial charge in [-0.3, -0.25) is 0 Å². The van der Waals surface area contributed by atoms with E-state index in [1.807, 2.05) is 0 Å². The topological polar surface area (TPSA) is 119 Å². The van der Waals surface area contributed by atoms with Gasteiger partial charge in [0.15, 0.2) is 5.41 Å². The third kappa shape index (κ3) is 4.69. The molecule has 0 amide bonds. The summed E-state index contributed by atoms with van der Waals surface area (Å²) in [6.07, 6.45) is 1.34. The zero-order chi connectivity index (χ0) is 14.7. The van der Waals surface area contributed by atoms with Gasteiger partial charge in [0.1, 0.15) is 49.4 Å². The minimum absolute atomic E-state index is 0. The highest BCUT2D eigenvalue weighted by Gasteiger charge is 2.27. The lowest BCUT2D eigenvalue weighted by atomic mass is 9.91. The summed E-state index contributed by atoms with van der Waals surface area (Å²) in [6, 6.07) is 0. The van der Waals surface area contributed by atoms with Crippen LogP contribution in [0.3, 0.4) is 0 Å². The van der Waals surface area contributed by atoms with E-state index in [1.165, 1.54) is 0 Å². The van der Waals surface area contributed by atoms with Crippen LogP contribution in [-0.2, 0) is 33.6 Å². The summed E-state index contributed by atoms with van der Waals surface area (Å²) < 4.78 is 0. The maximum absolute atomic E-state index is 10.1. The first-order valence-electron chi connectivity index (χ1n) is 4.73. The fourth-order valence-electron chi connectivity index (χ4n) is 0.500. The molecule has 0 aromatic carbocycles. The third-order valence-electron chi connectivity index (χ3n) is 2.09. The van der Waals surface area contributed by atoms with E-state index in [2.05, 4.69) is 0 Å². The summed E-state index contributed by atoms with van der Waals surface area (Å²) in [5, 5.41) is 0. The van der Waals surface area contributed by atoms with Crippen LogP contribution < -0.4 is 0 Å². The first-order valence-corrected chi connectivity index (χ1v) is 4.73. The van der Waals surface area contributed by atoms with Crippen molar-refractivity contribution in [3.05, 3.63) is 0 Å². The van der Waals surface area contributed by atoms with E-state index in [-0.39, 0.29) is 31.6 Å². The zero-order valence-electron chi connectivity index (χ0n) is 9.61. The van der Waals surface area contributed by atoms with E-state index < -0.39 is 10.8 Å². The summed E-state index contributed by atoms with van der Waals surface area (Å²) in [5.41, 5.74) is -3.43. The fraction of sp³-hybridized carbons (Fsp3) is 0.364. The lowest BCUT2D eigenvalue weighted by molar-refractivity contribution is -0.138. The van der Waals surface area contributed by atoms with Crippen molar-refractivity contribution in [3.8, 4) is 0 Å². The highest BCUT2D eigenvalue weighted by atomic mass is 16.2. The largest absolute Gasteiger partial charge is 0.302 e. The molecule has 0 heterocycles. The first-order chi connectivity index (χ1) is 8.49. The Bertz CT molecular complexity index is 286. The van der Waals surface area contributed by atoms with E-state index in [9.17, 15) is 33.6 Å². The van der Waals surface area contributed by atoms with Crippen LogP contribution in [-0.4, -0.2) is 44.0 Å². The molecular formula is C11H12O7. The molecule has 0 N–H and O–H groups in total. The van der Waals surface area contributed by atoms with Gasteiger partial charge < -0.3 is 33.6 Å². The lowest BCUT2D eigenvalue weighted by Gasteiger charge is -2.07. The summed E-state index contributed by atoms with van der Waals surface area (Å²) in [7, 11) is 0. The van der Waals surface area contributed by atoms with Gasteiger partial charge >= 0.3 is 0 Å². The Morgan fingerprint density at radius 2 is 0.889 bits per heavy atom. The number of rotatable bonds is 8. The maximum Gasteiger partial charge on any atom is 0.191 e. The minimum atomic E-state index is -2.06. The molecule has 0 saturated carbocycles. The number of carbonyl (C=O) groups is 7. The molecule has 0 radical (unpaired) electrons. The molecule has 0 aromatic rings. The minimum Gasteiger partial charge on any atom is -0.302 e. The standard InChI is InChI=1S/C6H8O3.C5H4O4/c1-2-6(3-7,4-8)5-9;6-1-5(2-7,3-8)4-9/h3-5H,2H2,1H3;1-4H. The predicted molar refractivity (Wildman–Crippen MR) is 57.6 cm³/mol. The smallest absolute Gasteiger partial charge is 0.191 e. The predicted octanol–water partition coefficient (Wildman–Crippen LogP) is -1.25. The van der Waals surface area contributed by atoms with Crippen molar-refractivity contribution in [2.45, 2.75) is 13.3 Å². The van der Waals surface area contributed by atoms with Gasteiger partial charge in [0.05, 0.1) is 0 Å². The second-order valence-electron chi connectivity index (χ2n) is 3.29. The number of hydrogen-bond acceptors (Lipinski definition) is 7. The molecule has 98 valence electrons. The molecule has 0 bridgehead atoms. The fourth-order valence-corrected chi connectivity index (χ4v) is 0.500. The SMILES string of the molecule is CCC(C=O)(C=O)C=O.O=CC(C=O)(C=O)C=O. The van der Waals surface area contributed by atoms with Gasteiger partial charge in [0, 0.05) is 0 Å².